The average Bonchev–Trinajstić information content (AvgIpc) is 2.66. The van der Waals surface area contributed by atoms with E-state index in [2.05, 4.69) is 23.5 Å². The zero-order chi connectivity index (χ0) is 18.5. The SMILES string of the molecule is CC[C@@H](Oc1ccccc1Cl)C(=O)N[C@H](C)c1ccc2c(c1)CCCC2. The maximum atomic E-state index is 12.7. The number of hydrogen-bond donors (Lipinski definition) is 1. The van der Waals surface area contributed by atoms with Gasteiger partial charge in [0.2, 0.25) is 0 Å². The monoisotopic (exact) mass is 371 g/mol. The van der Waals surface area contributed by atoms with E-state index in [4.69, 9.17) is 16.3 Å². The minimum atomic E-state index is -0.560. The largest absolute Gasteiger partial charge is 0.479 e. The van der Waals surface area contributed by atoms with Crippen molar-refractivity contribution in [2.24, 2.45) is 0 Å². The van der Waals surface area contributed by atoms with Crippen molar-refractivity contribution in [3.63, 3.8) is 0 Å². The summed E-state index contributed by atoms with van der Waals surface area (Å²) in [6, 6.07) is 13.8. The Morgan fingerprint density at radius 1 is 1.15 bits per heavy atom. The van der Waals surface area contributed by atoms with Crippen molar-refractivity contribution < 1.29 is 9.53 Å². The Morgan fingerprint density at radius 3 is 2.62 bits per heavy atom. The molecule has 4 heteroatoms. The van der Waals surface area contributed by atoms with Crippen molar-refractivity contribution in [3.05, 3.63) is 64.2 Å². The summed E-state index contributed by atoms with van der Waals surface area (Å²) in [5.74, 6) is 0.426. The Bertz CT molecular complexity index is 774. The summed E-state index contributed by atoms with van der Waals surface area (Å²) in [4.78, 5) is 12.7. The molecule has 0 spiro atoms. The maximum Gasteiger partial charge on any atom is 0.261 e. The van der Waals surface area contributed by atoms with Crippen molar-refractivity contribution in [1.29, 1.82) is 0 Å². The van der Waals surface area contributed by atoms with Crippen molar-refractivity contribution >= 4 is 17.5 Å². The van der Waals surface area contributed by atoms with Crippen molar-refractivity contribution in [1.82, 2.24) is 5.32 Å². The molecule has 1 aliphatic rings. The van der Waals surface area contributed by atoms with Crippen LogP contribution >= 0.6 is 11.6 Å². The van der Waals surface area contributed by atoms with Crippen LogP contribution in [0.3, 0.4) is 0 Å². The van der Waals surface area contributed by atoms with Crippen molar-refractivity contribution in [2.45, 2.75) is 58.1 Å². The Hall–Kier alpha value is -2.00. The molecule has 2 atom stereocenters. The summed E-state index contributed by atoms with van der Waals surface area (Å²) in [5, 5.41) is 3.60. The van der Waals surface area contributed by atoms with E-state index in [0.717, 1.165) is 12.0 Å². The number of halogens is 1. The van der Waals surface area contributed by atoms with Gasteiger partial charge in [-0.2, -0.15) is 0 Å². The van der Waals surface area contributed by atoms with Gasteiger partial charge in [-0.05, 0) is 67.9 Å². The second-order valence-corrected chi connectivity index (χ2v) is 7.32. The number of fused-ring (bicyclic) bond motifs is 1. The van der Waals surface area contributed by atoms with Crippen LogP contribution in [-0.2, 0) is 17.6 Å². The van der Waals surface area contributed by atoms with Crippen LogP contribution in [0.25, 0.3) is 0 Å². The first-order chi connectivity index (χ1) is 12.6. The number of amides is 1. The van der Waals surface area contributed by atoms with Gasteiger partial charge >= 0.3 is 0 Å². The van der Waals surface area contributed by atoms with E-state index in [0.29, 0.717) is 17.2 Å². The molecule has 3 nitrogen and oxygen atoms in total. The molecule has 0 aromatic heterocycles. The average molecular weight is 372 g/mol. The summed E-state index contributed by atoms with van der Waals surface area (Å²) in [6.07, 6.45) is 4.84. The molecule has 3 rings (SSSR count). The number of rotatable bonds is 6. The highest BCUT2D eigenvalue weighted by Gasteiger charge is 2.22. The van der Waals surface area contributed by atoms with Crippen LogP contribution in [0.4, 0.5) is 0 Å². The Balaban J connectivity index is 1.66. The van der Waals surface area contributed by atoms with E-state index in [1.165, 1.54) is 30.4 Å². The molecule has 1 aliphatic carbocycles. The van der Waals surface area contributed by atoms with Gasteiger partial charge in [0.05, 0.1) is 11.1 Å². The second kappa shape index (κ2) is 8.59. The lowest BCUT2D eigenvalue weighted by Crippen LogP contribution is -2.39. The van der Waals surface area contributed by atoms with Crippen LogP contribution in [-0.4, -0.2) is 12.0 Å². The van der Waals surface area contributed by atoms with Gasteiger partial charge in [-0.3, -0.25) is 4.79 Å². The van der Waals surface area contributed by atoms with Gasteiger partial charge in [0.1, 0.15) is 5.75 Å². The van der Waals surface area contributed by atoms with Crippen LogP contribution in [0.2, 0.25) is 5.02 Å². The highest BCUT2D eigenvalue weighted by atomic mass is 35.5. The molecule has 1 N–H and O–H groups in total. The van der Waals surface area contributed by atoms with E-state index in [1.807, 2.05) is 26.0 Å². The van der Waals surface area contributed by atoms with Crippen molar-refractivity contribution in [3.8, 4) is 5.75 Å². The lowest BCUT2D eigenvalue weighted by molar-refractivity contribution is -0.128. The first-order valence-corrected chi connectivity index (χ1v) is 9.79. The van der Waals surface area contributed by atoms with Crippen LogP contribution in [0.5, 0.6) is 5.75 Å². The molecular formula is C22H26ClNO2. The van der Waals surface area contributed by atoms with Crippen LogP contribution < -0.4 is 10.1 Å². The smallest absolute Gasteiger partial charge is 0.261 e. The number of nitrogens with one attached hydrogen (secondary N) is 1. The second-order valence-electron chi connectivity index (χ2n) is 6.91. The number of benzene rings is 2. The zero-order valence-corrected chi connectivity index (χ0v) is 16.2. The lowest BCUT2D eigenvalue weighted by atomic mass is 9.89. The minimum absolute atomic E-state index is 0.0568. The van der Waals surface area contributed by atoms with Crippen molar-refractivity contribution in [2.75, 3.05) is 0 Å². The molecule has 0 radical (unpaired) electrons. The van der Waals surface area contributed by atoms with Gasteiger partial charge in [-0.25, -0.2) is 0 Å². The molecule has 0 saturated heterocycles. The molecule has 0 fully saturated rings. The van der Waals surface area contributed by atoms with Gasteiger partial charge in [-0.15, -0.1) is 0 Å². The Morgan fingerprint density at radius 2 is 1.88 bits per heavy atom. The van der Waals surface area contributed by atoms with E-state index in [-0.39, 0.29) is 11.9 Å². The third kappa shape index (κ3) is 4.39. The minimum Gasteiger partial charge on any atom is -0.479 e. The number of carbonyl (C=O) groups excluding carboxylic acids is 1. The fraction of sp³-hybridized carbons (Fsp3) is 0.409. The zero-order valence-electron chi connectivity index (χ0n) is 15.4. The predicted molar refractivity (Wildman–Crippen MR) is 106 cm³/mol. The number of aryl methyl sites for hydroxylation is 2. The highest BCUT2D eigenvalue weighted by Crippen LogP contribution is 2.26. The lowest BCUT2D eigenvalue weighted by Gasteiger charge is -2.23. The number of hydrogen-bond acceptors (Lipinski definition) is 2. The van der Waals surface area contributed by atoms with Gasteiger partial charge in [-0.1, -0.05) is 48.9 Å². The summed E-state index contributed by atoms with van der Waals surface area (Å²) in [7, 11) is 0. The summed E-state index contributed by atoms with van der Waals surface area (Å²) >= 11 is 6.14. The number of ether oxygens (including phenoxy) is 1. The topological polar surface area (TPSA) is 38.3 Å². The van der Waals surface area contributed by atoms with E-state index >= 15 is 0 Å². The molecule has 0 unspecified atom stereocenters. The van der Waals surface area contributed by atoms with Crippen LogP contribution in [0, 0.1) is 0 Å². The quantitative estimate of drug-likeness (QED) is 0.752. The molecule has 1 amide bonds. The molecule has 2 aromatic rings. The van der Waals surface area contributed by atoms with Gasteiger partial charge in [0.15, 0.2) is 6.10 Å². The summed E-state index contributed by atoms with van der Waals surface area (Å²) in [5.41, 5.74) is 4.02. The number of carbonyl (C=O) groups is 1. The Kier molecular flexibility index (Phi) is 6.20. The first-order valence-electron chi connectivity index (χ1n) is 9.41. The highest BCUT2D eigenvalue weighted by molar-refractivity contribution is 6.32. The van der Waals surface area contributed by atoms with Gasteiger partial charge in [0.25, 0.3) is 5.91 Å². The third-order valence-electron chi connectivity index (χ3n) is 5.00. The normalized spacial score (nSPS) is 15.7. The Labute approximate surface area is 160 Å². The summed E-state index contributed by atoms with van der Waals surface area (Å²) < 4.78 is 5.84. The first kappa shape index (κ1) is 18.8. The standard InChI is InChI=1S/C22H26ClNO2/c1-3-20(26-21-11-7-6-10-19(21)23)22(25)24-15(2)17-13-12-16-8-4-5-9-18(16)14-17/h6-7,10-15,20H,3-5,8-9H2,1-2H3,(H,24,25)/t15-,20-/m1/s1. The molecule has 0 aliphatic heterocycles. The summed E-state index contributed by atoms with van der Waals surface area (Å²) in [6.45, 7) is 3.95. The maximum absolute atomic E-state index is 12.7. The molecule has 0 bridgehead atoms. The van der Waals surface area contributed by atoms with Gasteiger partial charge in [0, 0.05) is 0 Å². The molecule has 138 valence electrons. The third-order valence-corrected chi connectivity index (χ3v) is 5.31. The fourth-order valence-electron chi connectivity index (χ4n) is 3.43. The molecule has 0 saturated carbocycles. The van der Waals surface area contributed by atoms with E-state index in [9.17, 15) is 4.79 Å². The predicted octanol–water partition coefficient (Wildman–Crippen LogP) is 5.25. The van der Waals surface area contributed by atoms with Crippen LogP contribution in [0.1, 0.15) is 55.8 Å². The van der Waals surface area contributed by atoms with Gasteiger partial charge < -0.3 is 10.1 Å². The van der Waals surface area contributed by atoms with E-state index < -0.39 is 6.10 Å². The van der Waals surface area contributed by atoms with Crippen LogP contribution in [0.15, 0.2) is 42.5 Å². The molecule has 26 heavy (non-hydrogen) atoms. The molecule has 2 aromatic carbocycles. The van der Waals surface area contributed by atoms with E-state index in [1.54, 1.807) is 12.1 Å². The molecular weight excluding hydrogens is 346 g/mol. The molecule has 0 heterocycles. The fourth-order valence-corrected chi connectivity index (χ4v) is 3.61. The number of para-hydroxylation sites is 1.